The van der Waals surface area contributed by atoms with Gasteiger partial charge in [0.1, 0.15) is 13.8 Å². The number of carboxylic acid groups (broad SMARTS) is 1. The van der Waals surface area contributed by atoms with Crippen LogP contribution in [0.25, 0.3) is 0 Å². The molecule has 0 aromatic rings. The molecule has 74 valence electrons. The Labute approximate surface area is 78.8 Å². The molecule has 0 heterocycles. The van der Waals surface area contributed by atoms with Gasteiger partial charge in [-0.05, 0) is 12.8 Å². The Morgan fingerprint density at radius 2 is 2.31 bits per heavy atom. The molecule has 0 unspecified atom stereocenters. The normalized spacial score (nSPS) is 10.3. The fourth-order valence-corrected chi connectivity index (χ4v) is 0.775. The second-order valence-electron chi connectivity index (χ2n) is 3.01. The molecule has 0 fully saturated rings. The van der Waals surface area contributed by atoms with Crippen LogP contribution in [0.3, 0.4) is 0 Å². The van der Waals surface area contributed by atoms with Gasteiger partial charge in [-0.3, -0.25) is 0 Å². The average molecular weight is 184 g/mol. The van der Waals surface area contributed by atoms with Crippen molar-refractivity contribution >= 4 is 12.7 Å². The predicted molar refractivity (Wildman–Crippen MR) is 49.3 cm³/mol. The summed E-state index contributed by atoms with van der Waals surface area (Å²) in [4.78, 5) is 12.0. The molecule has 0 aromatic heterocycles. The van der Waals surface area contributed by atoms with Crippen LogP contribution in [0.15, 0.2) is 12.4 Å². The number of carbonyl (C=O) groups excluding carboxylic acids is 1. The van der Waals surface area contributed by atoms with Crippen molar-refractivity contribution in [2.45, 2.75) is 12.8 Å². The van der Waals surface area contributed by atoms with E-state index < -0.39 is 5.97 Å². The van der Waals surface area contributed by atoms with Crippen molar-refractivity contribution in [1.29, 1.82) is 0 Å². The quantitative estimate of drug-likeness (QED) is 0.403. The highest BCUT2D eigenvalue weighted by molar-refractivity contribution is 5.64. The number of carbonyl (C=O) groups is 1. The molecule has 0 aliphatic heterocycles. The first kappa shape index (κ1) is 11.7. The van der Waals surface area contributed by atoms with Crippen molar-refractivity contribution < 1.29 is 14.5 Å². The van der Waals surface area contributed by atoms with Crippen molar-refractivity contribution in [1.82, 2.24) is 4.90 Å². The maximum atomic E-state index is 10.1. The molecule has 4 nitrogen and oxygen atoms in total. The molecular weight excluding hydrogens is 168 g/mol. The number of aliphatic carboxylic acids is 1. The van der Waals surface area contributed by atoms with E-state index in [4.69, 9.17) is 0 Å². The van der Waals surface area contributed by atoms with Crippen LogP contribution in [0.5, 0.6) is 0 Å². The van der Waals surface area contributed by atoms with Crippen LogP contribution in [0, 0.1) is 0 Å². The summed E-state index contributed by atoms with van der Waals surface area (Å²) < 4.78 is 1.68. The van der Waals surface area contributed by atoms with Crippen molar-refractivity contribution in [2.75, 3.05) is 20.6 Å². The molecule has 0 radical (unpaired) electrons. The van der Waals surface area contributed by atoms with Crippen molar-refractivity contribution in [3.8, 4) is 0 Å². The standard InChI is InChI=1S/C9H16N2O2/c1-10(2)7-8-11(3)6-4-5-9(12)13/h7-8H,1,4-6H2,2-3H3/b8-7-. The van der Waals surface area contributed by atoms with Gasteiger partial charge in [-0.2, -0.15) is 0 Å². The van der Waals surface area contributed by atoms with E-state index in [1.165, 1.54) is 0 Å². The molecule has 0 saturated heterocycles. The second-order valence-corrected chi connectivity index (χ2v) is 3.01. The number of rotatable bonds is 6. The number of carboxylic acids is 1. The van der Waals surface area contributed by atoms with Crippen LogP contribution in [0.2, 0.25) is 0 Å². The lowest BCUT2D eigenvalue weighted by atomic mass is 10.3. The van der Waals surface area contributed by atoms with E-state index in [-0.39, 0.29) is 6.42 Å². The molecule has 0 spiro atoms. The number of hydrogen-bond acceptors (Lipinski definition) is 3. The van der Waals surface area contributed by atoms with E-state index in [0.29, 0.717) is 13.0 Å². The largest absolute Gasteiger partial charge is 0.550 e. The molecule has 0 N–H and O–H groups in total. The highest BCUT2D eigenvalue weighted by Crippen LogP contribution is 1.92. The minimum atomic E-state index is -0.994. The maximum Gasteiger partial charge on any atom is 0.183 e. The van der Waals surface area contributed by atoms with Gasteiger partial charge in [-0.25, -0.2) is 4.58 Å². The summed E-state index contributed by atoms with van der Waals surface area (Å²) in [6, 6.07) is 0. The highest BCUT2D eigenvalue weighted by Gasteiger charge is 1.93. The van der Waals surface area contributed by atoms with Crippen LogP contribution in [0.1, 0.15) is 12.8 Å². The topological polar surface area (TPSA) is 46.4 Å². The molecule has 0 aromatic carbocycles. The molecule has 0 atom stereocenters. The van der Waals surface area contributed by atoms with Gasteiger partial charge in [-0.1, -0.05) is 0 Å². The van der Waals surface area contributed by atoms with Gasteiger partial charge in [-0.15, -0.1) is 0 Å². The summed E-state index contributed by atoms with van der Waals surface area (Å²) in [7, 11) is 3.71. The maximum absolute atomic E-state index is 10.1. The van der Waals surface area contributed by atoms with Crippen LogP contribution < -0.4 is 5.11 Å². The number of hydrogen-bond donors (Lipinski definition) is 0. The molecule has 0 rings (SSSR count). The summed E-state index contributed by atoms with van der Waals surface area (Å²) in [5.41, 5.74) is 0. The minimum absolute atomic E-state index is 0.110. The van der Waals surface area contributed by atoms with Gasteiger partial charge in [0.25, 0.3) is 0 Å². The fraction of sp³-hybridized carbons (Fsp3) is 0.556. The summed E-state index contributed by atoms with van der Waals surface area (Å²) in [6.45, 7) is 4.34. The van der Waals surface area contributed by atoms with Crippen LogP contribution in [-0.4, -0.2) is 42.8 Å². The Hall–Kier alpha value is -1.32. The van der Waals surface area contributed by atoms with Gasteiger partial charge >= 0.3 is 0 Å². The third kappa shape index (κ3) is 8.59. The predicted octanol–water partition coefficient (Wildman–Crippen LogP) is -0.738. The molecule has 0 amide bonds. The Morgan fingerprint density at radius 3 is 2.77 bits per heavy atom. The second kappa shape index (κ2) is 6.22. The molecular formula is C9H16N2O2. The van der Waals surface area contributed by atoms with Gasteiger partial charge in [0.15, 0.2) is 6.20 Å². The lowest BCUT2D eigenvalue weighted by Crippen LogP contribution is -2.23. The Morgan fingerprint density at radius 1 is 1.69 bits per heavy atom. The summed E-state index contributed by atoms with van der Waals surface area (Å²) in [5, 5.41) is 10.1. The smallest absolute Gasteiger partial charge is 0.183 e. The lowest BCUT2D eigenvalue weighted by molar-refractivity contribution is -0.412. The Balaban J connectivity index is 3.57. The molecule has 0 aliphatic rings. The van der Waals surface area contributed by atoms with Crippen molar-refractivity contribution in [2.24, 2.45) is 0 Å². The zero-order chi connectivity index (χ0) is 10.3. The summed E-state index contributed by atoms with van der Waals surface area (Å²) >= 11 is 0. The SMILES string of the molecule is C=[N+](C)/C=C\N(C)CCCC(=O)[O-]. The van der Waals surface area contributed by atoms with E-state index in [1.807, 2.05) is 25.2 Å². The number of nitrogens with zero attached hydrogens (tertiary/aromatic N) is 2. The van der Waals surface area contributed by atoms with Gasteiger partial charge in [0.05, 0.1) is 6.20 Å². The van der Waals surface area contributed by atoms with Crippen molar-refractivity contribution in [3.63, 3.8) is 0 Å². The first-order chi connectivity index (χ1) is 6.02. The first-order valence-electron chi connectivity index (χ1n) is 4.14. The van der Waals surface area contributed by atoms with E-state index in [9.17, 15) is 9.90 Å². The van der Waals surface area contributed by atoms with Gasteiger partial charge in [0.2, 0.25) is 0 Å². The van der Waals surface area contributed by atoms with Crippen molar-refractivity contribution in [3.05, 3.63) is 12.4 Å². The average Bonchev–Trinajstić information content (AvgIpc) is 2.00. The third-order valence-corrected chi connectivity index (χ3v) is 1.47. The van der Waals surface area contributed by atoms with Gasteiger partial charge < -0.3 is 14.8 Å². The van der Waals surface area contributed by atoms with E-state index in [2.05, 4.69) is 6.72 Å². The molecule has 4 heteroatoms. The van der Waals surface area contributed by atoms with E-state index in [1.54, 1.807) is 10.8 Å². The fourth-order valence-electron chi connectivity index (χ4n) is 0.775. The molecule has 13 heavy (non-hydrogen) atoms. The highest BCUT2D eigenvalue weighted by atomic mass is 16.4. The molecule has 0 bridgehead atoms. The summed E-state index contributed by atoms with van der Waals surface area (Å²) in [6.07, 6.45) is 4.36. The van der Waals surface area contributed by atoms with Crippen LogP contribution in [-0.2, 0) is 4.79 Å². The first-order valence-corrected chi connectivity index (χ1v) is 4.14. The monoisotopic (exact) mass is 184 g/mol. The Bertz CT molecular complexity index is 212. The lowest BCUT2D eigenvalue weighted by Gasteiger charge is -2.12. The van der Waals surface area contributed by atoms with Gasteiger partial charge in [0, 0.05) is 19.6 Å². The van der Waals surface area contributed by atoms with E-state index in [0.717, 1.165) is 0 Å². The third-order valence-electron chi connectivity index (χ3n) is 1.47. The zero-order valence-electron chi connectivity index (χ0n) is 8.19. The molecule has 0 aliphatic carbocycles. The Kier molecular flexibility index (Phi) is 5.59. The zero-order valence-corrected chi connectivity index (χ0v) is 8.19. The summed E-state index contributed by atoms with van der Waals surface area (Å²) in [5.74, 6) is -0.994. The molecule has 0 saturated carbocycles. The minimum Gasteiger partial charge on any atom is -0.550 e. The van der Waals surface area contributed by atoms with Crippen LogP contribution in [0.4, 0.5) is 0 Å². The van der Waals surface area contributed by atoms with Crippen LogP contribution >= 0.6 is 0 Å². The van der Waals surface area contributed by atoms with E-state index >= 15 is 0 Å².